The van der Waals surface area contributed by atoms with Crippen LogP contribution in [-0.4, -0.2) is 53.6 Å². The van der Waals surface area contributed by atoms with E-state index in [4.69, 9.17) is 4.74 Å². The lowest BCUT2D eigenvalue weighted by molar-refractivity contribution is -0.135. The molecule has 2 saturated heterocycles. The lowest BCUT2D eigenvalue weighted by atomic mass is 9.77. The summed E-state index contributed by atoms with van der Waals surface area (Å²) in [6.45, 7) is 4.18. The van der Waals surface area contributed by atoms with Crippen LogP contribution in [0.3, 0.4) is 0 Å². The second-order valence-electron chi connectivity index (χ2n) is 8.06. The number of carbonyl (C=O) groups excluding carboxylic acids is 2. The van der Waals surface area contributed by atoms with Crippen molar-refractivity contribution in [2.45, 2.75) is 44.2 Å². The van der Waals surface area contributed by atoms with Crippen LogP contribution in [0.5, 0.6) is 0 Å². The number of rotatable bonds is 3. The summed E-state index contributed by atoms with van der Waals surface area (Å²) in [7, 11) is 0. The summed E-state index contributed by atoms with van der Waals surface area (Å²) in [5.74, 6) is 0.229. The monoisotopic (exact) mass is 375 g/mol. The molecule has 1 spiro atoms. The standard InChI is InChI=1S/C20H26FN3O3/c1-14-6-8-20(9-7-14)18(25)24(19(26)22-20)13-23-10-11-27-17(12-23)15-2-4-16(21)5-3-15/h2-5,14,17H,6-13H2,1H3,(H,22,26). The lowest BCUT2D eigenvalue weighted by Crippen LogP contribution is -2.51. The maximum absolute atomic E-state index is 13.1. The molecule has 0 bridgehead atoms. The number of nitrogens with one attached hydrogen (secondary N) is 1. The Kier molecular flexibility index (Phi) is 4.90. The van der Waals surface area contributed by atoms with E-state index in [0.717, 1.165) is 31.2 Å². The molecule has 1 aliphatic carbocycles. The summed E-state index contributed by atoms with van der Waals surface area (Å²) in [6, 6.07) is 5.98. The van der Waals surface area contributed by atoms with Gasteiger partial charge in [0.15, 0.2) is 0 Å². The third kappa shape index (κ3) is 3.58. The van der Waals surface area contributed by atoms with Crippen molar-refractivity contribution in [2.75, 3.05) is 26.4 Å². The number of carbonyl (C=O) groups is 2. The molecule has 1 atom stereocenters. The second kappa shape index (κ2) is 7.20. The van der Waals surface area contributed by atoms with Gasteiger partial charge in [-0.05, 0) is 49.3 Å². The zero-order chi connectivity index (χ0) is 19.0. The number of amides is 3. The van der Waals surface area contributed by atoms with Crippen LogP contribution < -0.4 is 5.32 Å². The summed E-state index contributed by atoms with van der Waals surface area (Å²) in [6.07, 6.45) is 3.17. The number of halogens is 1. The molecule has 27 heavy (non-hydrogen) atoms. The van der Waals surface area contributed by atoms with Crippen molar-refractivity contribution in [1.82, 2.24) is 15.1 Å². The van der Waals surface area contributed by atoms with Crippen LogP contribution in [0.1, 0.15) is 44.3 Å². The molecule has 4 rings (SSSR count). The molecule has 1 aromatic rings. The predicted octanol–water partition coefficient (Wildman–Crippen LogP) is 2.66. The molecule has 2 heterocycles. The molecule has 146 valence electrons. The number of ether oxygens (including phenoxy) is 1. The number of imide groups is 1. The topological polar surface area (TPSA) is 61.9 Å². The van der Waals surface area contributed by atoms with Gasteiger partial charge in [0.25, 0.3) is 5.91 Å². The van der Waals surface area contributed by atoms with Crippen LogP contribution in [0.25, 0.3) is 0 Å². The molecule has 0 radical (unpaired) electrons. The fraction of sp³-hybridized carbons (Fsp3) is 0.600. The molecule has 1 saturated carbocycles. The van der Waals surface area contributed by atoms with Crippen molar-refractivity contribution < 1.29 is 18.7 Å². The van der Waals surface area contributed by atoms with Gasteiger partial charge >= 0.3 is 6.03 Å². The first kappa shape index (κ1) is 18.4. The maximum atomic E-state index is 13.1. The summed E-state index contributed by atoms with van der Waals surface area (Å²) < 4.78 is 19.0. The van der Waals surface area contributed by atoms with Crippen LogP contribution in [0.4, 0.5) is 9.18 Å². The van der Waals surface area contributed by atoms with Crippen LogP contribution in [0, 0.1) is 11.7 Å². The largest absolute Gasteiger partial charge is 0.371 e. The molecule has 3 fully saturated rings. The van der Waals surface area contributed by atoms with Crippen LogP contribution >= 0.6 is 0 Å². The highest BCUT2D eigenvalue weighted by Gasteiger charge is 2.52. The molecule has 1 unspecified atom stereocenters. The highest BCUT2D eigenvalue weighted by molar-refractivity contribution is 6.07. The molecular weight excluding hydrogens is 349 g/mol. The van der Waals surface area contributed by atoms with E-state index in [1.54, 1.807) is 12.1 Å². The fourth-order valence-corrected chi connectivity index (χ4v) is 4.31. The average molecular weight is 375 g/mol. The smallest absolute Gasteiger partial charge is 0.326 e. The fourth-order valence-electron chi connectivity index (χ4n) is 4.31. The predicted molar refractivity (Wildman–Crippen MR) is 97.3 cm³/mol. The van der Waals surface area contributed by atoms with Gasteiger partial charge in [-0.2, -0.15) is 0 Å². The molecule has 6 nitrogen and oxygen atoms in total. The summed E-state index contributed by atoms with van der Waals surface area (Å²) in [4.78, 5) is 28.9. The van der Waals surface area contributed by atoms with Crippen molar-refractivity contribution in [2.24, 2.45) is 5.92 Å². The Labute approximate surface area is 158 Å². The van der Waals surface area contributed by atoms with Gasteiger partial charge in [0.05, 0.1) is 19.4 Å². The van der Waals surface area contributed by atoms with Crippen molar-refractivity contribution in [1.29, 1.82) is 0 Å². The molecular formula is C20H26FN3O3. The summed E-state index contributed by atoms with van der Waals surface area (Å²) in [5.41, 5.74) is 0.197. The van der Waals surface area contributed by atoms with Gasteiger partial charge in [-0.1, -0.05) is 19.1 Å². The Morgan fingerprint density at radius 1 is 1.22 bits per heavy atom. The van der Waals surface area contributed by atoms with E-state index in [-0.39, 0.29) is 30.5 Å². The van der Waals surface area contributed by atoms with E-state index in [9.17, 15) is 14.0 Å². The van der Waals surface area contributed by atoms with Crippen molar-refractivity contribution in [3.63, 3.8) is 0 Å². The average Bonchev–Trinajstić information content (AvgIpc) is 2.89. The van der Waals surface area contributed by atoms with E-state index in [1.165, 1.54) is 17.0 Å². The van der Waals surface area contributed by atoms with Gasteiger partial charge in [0.1, 0.15) is 11.4 Å². The molecule has 2 aliphatic heterocycles. The lowest BCUT2D eigenvalue weighted by Gasteiger charge is -2.36. The Bertz CT molecular complexity index is 716. The first-order valence-electron chi connectivity index (χ1n) is 9.70. The Hall–Kier alpha value is -1.99. The first-order valence-corrected chi connectivity index (χ1v) is 9.70. The number of nitrogens with zero attached hydrogens (tertiary/aromatic N) is 2. The van der Waals surface area contributed by atoms with Crippen LogP contribution in [0.2, 0.25) is 0 Å². The summed E-state index contributed by atoms with van der Waals surface area (Å²) in [5, 5.41) is 2.97. The number of morpholine rings is 1. The minimum atomic E-state index is -0.702. The normalized spacial score (nSPS) is 32.1. The van der Waals surface area contributed by atoms with Gasteiger partial charge in [-0.25, -0.2) is 14.1 Å². The third-order valence-electron chi connectivity index (χ3n) is 6.11. The van der Waals surface area contributed by atoms with E-state index < -0.39 is 5.54 Å². The highest BCUT2D eigenvalue weighted by atomic mass is 19.1. The minimum absolute atomic E-state index is 0.0933. The SMILES string of the molecule is CC1CCC2(CC1)NC(=O)N(CN1CCOC(c3ccc(F)cc3)C1)C2=O. The molecule has 1 N–H and O–H groups in total. The van der Waals surface area contributed by atoms with E-state index in [2.05, 4.69) is 17.1 Å². The van der Waals surface area contributed by atoms with Crippen LogP contribution in [-0.2, 0) is 9.53 Å². The van der Waals surface area contributed by atoms with Gasteiger partial charge in [0.2, 0.25) is 0 Å². The Morgan fingerprint density at radius 2 is 1.93 bits per heavy atom. The van der Waals surface area contributed by atoms with Gasteiger partial charge in [-0.15, -0.1) is 0 Å². The minimum Gasteiger partial charge on any atom is -0.371 e. The highest BCUT2D eigenvalue weighted by Crippen LogP contribution is 2.36. The van der Waals surface area contributed by atoms with Crippen molar-refractivity contribution in [3.05, 3.63) is 35.6 Å². The molecule has 0 aromatic heterocycles. The quantitative estimate of drug-likeness (QED) is 0.825. The number of urea groups is 1. The molecule has 7 heteroatoms. The zero-order valence-electron chi connectivity index (χ0n) is 15.6. The Morgan fingerprint density at radius 3 is 2.63 bits per heavy atom. The van der Waals surface area contributed by atoms with E-state index >= 15 is 0 Å². The number of hydrogen-bond donors (Lipinski definition) is 1. The van der Waals surface area contributed by atoms with E-state index in [0.29, 0.717) is 25.6 Å². The van der Waals surface area contributed by atoms with Gasteiger partial charge in [0, 0.05) is 13.1 Å². The third-order valence-corrected chi connectivity index (χ3v) is 6.11. The van der Waals surface area contributed by atoms with E-state index in [1.807, 2.05) is 0 Å². The molecule has 1 aromatic carbocycles. The second-order valence-corrected chi connectivity index (χ2v) is 8.06. The van der Waals surface area contributed by atoms with Gasteiger partial charge in [-0.3, -0.25) is 9.69 Å². The van der Waals surface area contributed by atoms with Gasteiger partial charge < -0.3 is 10.1 Å². The van der Waals surface area contributed by atoms with Crippen molar-refractivity contribution >= 4 is 11.9 Å². The summed E-state index contributed by atoms with van der Waals surface area (Å²) >= 11 is 0. The number of benzene rings is 1. The molecule has 3 aliphatic rings. The Balaban J connectivity index is 1.42. The van der Waals surface area contributed by atoms with Crippen molar-refractivity contribution in [3.8, 4) is 0 Å². The zero-order valence-corrected chi connectivity index (χ0v) is 15.6. The first-order chi connectivity index (χ1) is 13.0. The van der Waals surface area contributed by atoms with Crippen LogP contribution in [0.15, 0.2) is 24.3 Å². The molecule has 3 amide bonds. The maximum Gasteiger partial charge on any atom is 0.326 e. The number of hydrogen-bond acceptors (Lipinski definition) is 4.